The lowest BCUT2D eigenvalue weighted by atomic mass is 10.0. The minimum atomic E-state index is -3.72. The summed E-state index contributed by atoms with van der Waals surface area (Å²) in [6.07, 6.45) is 0.378. The topological polar surface area (TPSA) is 70.0 Å². The maximum absolute atomic E-state index is 12.0. The lowest BCUT2D eigenvalue weighted by molar-refractivity contribution is 0.495. The first-order valence-corrected chi connectivity index (χ1v) is 6.90. The fourth-order valence-electron chi connectivity index (χ4n) is 1.16. The van der Waals surface area contributed by atoms with Gasteiger partial charge >= 0.3 is 0 Å². The van der Waals surface area contributed by atoms with Gasteiger partial charge in [-0.1, -0.05) is 24.6 Å². The van der Waals surface area contributed by atoms with Crippen LogP contribution in [0.3, 0.4) is 0 Å². The highest BCUT2D eigenvalue weighted by Crippen LogP contribution is 2.18. The van der Waals surface area contributed by atoms with E-state index in [-0.39, 0.29) is 4.90 Å². The van der Waals surface area contributed by atoms with E-state index in [1.54, 1.807) is 19.1 Å². The average Bonchev–Trinajstić information content (AvgIpc) is 2.28. The van der Waals surface area contributed by atoms with Crippen LogP contribution in [-0.4, -0.2) is 14.0 Å². The van der Waals surface area contributed by atoms with Crippen LogP contribution in [0.1, 0.15) is 20.3 Å². The molecule has 0 spiro atoms. The maximum atomic E-state index is 12.0. The molecule has 0 aliphatic heterocycles. The Bertz CT molecular complexity index is 551. The molecule has 1 N–H and O–H groups in total. The van der Waals surface area contributed by atoms with Crippen molar-refractivity contribution in [2.75, 3.05) is 0 Å². The smallest absolute Gasteiger partial charge is 0.207 e. The number of sulfonamides is 1. The highest BCUT2D eigenvalue weighted by Gasteiger charge is 2.28. The molecule has 1 rings (SSSR count). The molecule has 17 heavy (non-hydrogen) atoms. The Labute approximate surface area is 106 Å². The summed E-state index contributed by atoms with van der Waals surface area (Å²) in [6.45, 7) is 3.28. The van der Waals surface area contributed by atoms with E-state index in [0.29, 0.717) is 11.4 Å². The molecule has 0 saturated heterocycles. The van der Waals surface area contributed by atoms with Crippen molar-refractivity contribution in [1.82, 2.24) is 4.72 Å². The normalized spacial score (nSPS) is 14.9. The van der Waals surface area contributed by atoms with Crippen LogP contribution in [0.25, 0.3) is 0 Å². The molecule has 6 heteroatoms. The average molecular weight is 273 g/mol. The number of nitrogens with one attached hydrogen (secondary N) is 1. The van der Waals surface area contributed by atoms with E-state index in [9.17, 15) is 8.42 Å². The second-order valence-electron chi connectivity index (χ2n) is 3.86. The largest absolute Gasteiger partial charge is 0.241 e. The molecule has 0 aliphatic carbocycles. The molecule has 0 amide bonds. The molecule has 0 radical (unpaired) electrons. The molecule has 0 aromatic heterocycles. The molecule has 0 fully saturated rings. The van der Waals surface area contributed by atoms with Gasteiger partial charge in [-0.3, -0.25) is 0 Å². The zero-order chi connectivity index (χ0) is 13.1. The molecular formula is C11H13ClN2O2S. The lowest BCUT2D eigenvalue weighted by Gasteiger charge is -2.21. The van der Waals surface area contributed by atoms with E-state index < -0.39 is 15.6 Å². The Morgan fingerprint density at radius 3 is 2.65 bits per heavy atom. The van der Waals surface area contributed by atoms with Crippen molar-refractivity contribution in [3.05, 3.63) is 29.3 Å². The van der Waals surface area contributed by atoms with Crippen LogP contribution in [0.4, 0.5) is 0 Å². The summed E-state index contributed by atoms with van der Waals surface area (Å²) < 4.78 is 26.4. The molecule has 0 bridgehead atoms. The van der Waals surface area contributed by atoms with Crippen molar-refractivity contribution in [3.63, 3.8) is 0 Å². The summed E-state index contributed by atoms with van der Waals surface area (Å²) in [5.41, 5.74) is -1.11. The van der Waals surface area contributed by atoms with Gasteiger partial charge in [0.25, 0.3) is 0 Å². The number of rotatable bonds is 4. The van der Waals surface area contributed by atoms with Gasteiger partial charge in [-0.05, 0) is 31.5 Å². The second kappa shape index (κ2) is 5.05. The minimum absolute atomic E-state index is 0.0555. The van der Waals surface area contributed by atoms with Crippen LogP contribution in [0.2, 0.25) is 5.02 Å². The summed E-state index contributed by atoms with van der Waals surface area (Å²) in [6, 6.07) is 7.86. The first kappa shape index (κ1) is 14.0. The molecule has 0 aliphatic rings. The van der Waals surface area contributed by atoms with E-state index in [1.165, 1.54) is 19.1 Å². The van der Waals surface area contributed by atoms with Crippen LogP contribution in [-0.2, 0) is 10.0 Å². The van der Waals surface area contributed by atoms with Crippen LogP contribution >= 0.6 is 11.6 Å². The van der Waals surface area contributed by atoms with Gasteiger partial charge in [0.15, 0.2) is 0 Å². The number of nitriles is 1. The van der Waals surface area contributed by atoms with Crippen molar-refractivity contribution < 1.29 is 8.42 Å². The Morgan fingerprint density at radius 1 is 1.53 bits per heavy atom. The first-order chi connectivity index (χ1) is 7.83. The van der Waals surface area contributed by atoms with Crippen molar-refractivity contribution in [2.45, 2.75) is 30.7 Å². The zero-order valence-corrected chi connectivity index (χ0v) is 11.1. The van der Waals surface area contributed by atoms with Gasteiger partial charge in [0, 0.05) is 5.02 Å². The Morgan fingerprint density at radius 2 is 2.18 bits per heavy atom. The SMILES string of the molecule is CCC(C)(C#N)NS(=O)(=O)c1cccc(Cl)c1. The first-order valence-electron chi connectivity index (χ1n) is 5.04. The van der Waals surface area contributed by atoms with Crippen molar-refractivity contribution in [3.8, 4) is 6.07 Å². The molecule has 1 aromatic carbocycles. The molecule has 0 heterocycles. The second-order valence-corrected chi connectivity index (χ2v) is 5.98. The summed E-state index contributed by atoms with van der Waals surface area (Å²) in [5.74, 6) is 0. The van der Waals surface area contributed by atoms with Gasteiger partial charge in [-0.15, -0.1) is 0 Å². The van der Waals surface area contributed by atoms with E-state index in [2.05, 4.69) is 4.72 Å². The Balaban J connectivity index is 3.10. The van der Waals surface area contributed by atoms with Crippen molar-refractivity contribution >= 4 is 21.6 Å². The van der Waals surface area contributed by atoms with Gasteiger partial charge in [0.1, 0.15) is 5.54 Å². The lowest BCUT2D eigenvalue weighted by Crippen LogP contribution is -2.44. The van der Waals surface area contributed by atoms with E-state index in [1.807, 2.05) is 6.07 Å². The summed E-state index contributed by atoms with van der Waals surface area (Å²) in [5, 5.41) is 9.28. The maximum Gasteiger partial charge on any atom is 0.241 e. The molecule has 0 saturated carbocycles. The third-order valence-electron chi connectivity index (χ3n) is 2.42. The monoisotopic (exact) mass is 272 g/mol. The summed E-state index contributed by atoms with van der Waals surface area (Å²) in [7, 11) is -3.72. The third kappa shape index (κ3) is 3.43. The number of benzene rings is 1. The van der Waals surface area contributed by atoms with E-state index in [0.717, 1.165) is 0 Å². The molecule has 1 unspecified atom stereocenters. The van der Waals surface area contributed by atoms with Gasteiger partial charge < -0.3 is 0 Å². The highest BCUT2D eigenvalue weighted by atomic mass is 35.5. The number of nitrogens with zero attached hydrogens (tertiary/aromatic N) is 1. The standard InChI is InChI=1S/C11H13ClN2O2S/c1-3-11(2,8-13)14-17(15,16)10-6-4-5-9(12)7-10/h4-7,14H,3H2,1-2H3. The predicted octanol–water partition coefficient (Wildman–Crippen LogP) is 2.31. The number of hydrogen-bond acceptors (Lipinski definition) is 3. The van der Waals surface area contributed by atoms with Crippen molar-refractivity contribution in [1.29, 1.82) is 5.26 Å². The fraction of sp³-hybridized carbons (Fsp3) is 0.364. The predicted molar refractivity (Wildman–Crippen MR) is 66.1 cm³/mol. The Hall–Kier alpha value is -1.09. The summed E-state index contributed by atoms with van der Waals surface area (Å²) >= 11 is 5.73. The Kier molecular flexibility index (Phi) is 4.15. The molecular weight excluding hydrogens is 260 g/mol. The number of halogens is 1. The van der Waals surface area contributed by atoms with Crippen LogP contribution < -0.4 is 4.72 Å². The van der Waals surface area contributed by atoms with Crippen LogP contribution in [0, 0.1) is 11.3 Å². The summed E-state index contributed by atoms with van der Waals surface area (Å²) in [4.78, 5) is 0.0555. The fourth-order valence-corrected chi connectivity index (χ4v) is 2.86. The number of hydrogen-bond donors (Lipinski definition) is 1. The van der Waals surface area contributed by atoms with E-state index >= 15 is 0 Å². The van der Waals surface area contributed by atoms with Gasteiger partial charge in [0.05, 0.1) is 11.0 Å². The molecule has 1 aromatic rings. The van der Waals surface area contributed by atoms with Gasteiger partial charge in [0.2, 0.25) is 10.0 Å². The third-order valence-corrected chi connectivity index (χ3v) is 4.25. The van der Waals surface area contributed by atoms with Crippen LogP contribution in [0.5, 0.6) is 0 Å². The van der Waals surface area contributed by atoms with Gasteiger partial charge in [-0.25, -0.2) is 8.42 Å². The molecule has 92 valence electrons. The van der Waals surface area contributed by atoms with Gasteiger partial charge in [-0.2, -0.15) is 9.98 Å². The molecule has 4 nitrogen and oxygen atoms in total. The quantitative estimate of drug-likeness (QED) is 0.914. The zero-order valence-electron chi connectivity index (χ0n) is 9.57. The minimum Gasteiger partial charge on any atom is -0.207 e. The van der Waals surface area contributed by atoms with Crippen molar-refractivity contribution in [2.24, 2.45) is 0 Å². The van der Waals surface area contributed by atoms with E-state index in [4.69, 9.17) is 16.9 Å². The highest BCUT2D eigenvalue weighted by molar-refractivity contribution is 7.89. The molecule has 1 atom stereocenters. The van der Waals surface area contributed by atoms with Crippen LogP contribution in [0.15, 0.2) is 29.2 Å².